The van der Waals surface area contributed by atoms with Gasteiger partial charge in [-0.05, 0) is 67.4 Å². The summed E-state index contributed by atoms with van der Waals surface area (Å²) in [5.41, 5.74) is 6.32. The van der Waals surface area contributed by atoms with Gasteiger partial charge in [-0.1, -0.05) is 0 Å². The smallest absolute Gasteiger partial charge is 0.258 e. The lowest BCUT2D eigenvalue weighted by molar-refractivity contribution is -0.124. The summed E-state index contributed by atoms with van der Waals surface area (Å²) in [6.07, 6.45) is 0.750. The Morgan fingerprint density at radius 2 is 2.05 bits per heavy atom. The minimum absolute atomic E-state index is 0.0670. The average Bonchev–Trinajstić information content (AvgIpc) is 2.35. The third-order valence-corrected chi connectivity index (χ3v) is 3.17. The molecule has 0 bridgehead atoms. The van der Waals surface area contributed by atoms with Gasteiger partial charge in [0.15, 0.2) is 18.1 Å². The number of benzene rings is 1. The van der Waals surface area contributed by atoms with Crippen LogP contribution in [0, 0.1) is 0 Å². The zero-order valence-electron chi connectivity index (χ0n) is 13.0. The Labute approximate surface area is 134 Å². The van der Waals surface area contributed by atoms with Crippen LogP contribution < -0.4 is 20.5 Å². The van der Waals surface area contributed by atoms with Crippen LogP contribution in [0.2, 0.25) is 0 Å². The van der Waals surface area contributed by atoms with Gasteiger partial charge in [-0.25, -0.2) is 0 Å². The van der Waals surface area contributed by atoms with Crippen molar-refractivity contribution in [2.24, 2.45) is 5.73 Å². The molecule has 0 aliphatic rings. The molecular formula is C15H23BrN2O3. The number of ether oxygens (including phenoxy) is 2. The summed E-state index contributed by atoms with van der Waals surface area (Å²) in [5, 5.41) is 2.84. The van der Waals surface area contributed by atoms with Gasteiger partial charge in [-0.15, -0.1) is 0 Å². The molecule has 1 amide bonds. The molecule has 6 heteroatoms. The number of hydrogen-bond donors (Lipinski definition) is 2. The number of rotatable bonds is 6. The van der Waals surface area contributed by atoms with Gasteiger partial charge in [0, 0.05) is 5.54 Å². The van der Waals surface area contributed by atoms with Crippen LogP contribution in [0.3, 0.4) is 0 Å². The maximum atomic E-state index is 11.8. The zero-order chi connectivity index (χ0) is 16.0. The van der Waals surface area contributed by atoms with Crippen molar-refractivity contribution in [3.63, 3.8) is 0 Å². The first-order chi connectivity index (χ1) is 9.76. The Kier molecular flexibility index (Phi) is 6.48. The SMILES string of the molecule is COc1cc(CCN)cc(Br)c1OCC(=O)NC(C)(C)C. The summed E-state index contributed by atoms with van der Waals surface area (Å²) in [5.74, 6) is 0.918. The molecule has 1 rings (SSSR count). The molecule has 3 N–H and O–H groups in total. The molecule has 0 radical (unpaired) electrons. The third-order valence-electron chi connectivity index (χ3n) is 2.58. The Morgan fingerprint density at radius 1 is 1.38 bits per heavy atom. The van der Waals surface area contributed by atoms with Crippen molar-refractivity contribution >= 4 is 21.8 Å². The van der Waals surface area contributed by atoms with E-state index in [0.717, 1.165) is 16.5 Å². The lowest BCUT2D eigenvalue weighted by Crippen LogP contribution is -2.43. The predicted molar refractivity (Wildman–Crippen MR) is 86.8 cm³/mol. The van der Waals surface area contributed by atoms with E-state index < -0.39 is 0 Å². The standard InChI is InChI=1S/C15H23BrN2O3/c1-15(2,3)18-13(19)9-21-14-11(16)7-10(5-6-17)8-12(14)20-4/h7-8H,5-6,9,17H2,1-4H3,(H,18,19). The van der Waals surface area contributed by atoms with E-state index in [1.807, 2.05) is 32.9 Å². The molecule has 0 saturated carbocycles. The van der Waals surface area contributed by atoms with Crippen LogP contribution >= 0.6 is 15.9 Å². The lowest BCUT2D eigenvalue weighted by atomic mass is 10.1. The van der Waals surface area contributed by atoms with Gasteiger partial charge in [0.1, 0.15) is 0 Å². The van der Waals surface area contributed by atoms with Crippen molar-refractivity contribution < 1.29 is 14.3 Å². The van der Waals surface area contributed by atoms with Gasteiger partial charge in [0.25, 0.3) is 5.91 Å². The lowest BCUT2D eigenvalue weighted by Gasteiger charge is -2.21. The van der Waals surface area contributed by atoms with E-state index in [4.69, 9.17) is 15.2 Å². The largest absolute Gasteiger partial charge is 0.493 e. The third kappa shape index (κ3) is 5.93. The highest BCUT2D eigenvalue weighted by Crippen LogP contribution is 2.36. The number of nitrogens with two attached hydrogens (primary N) is 1. The maximum absolute atomic E-state index is 11.8. The molecule has 0 fully saturated rings. The summed E-state index contributed by atoms with van der Waals surface area (Å²) in [6, 6.07) is 3.79. The number of carbonyl (C=O) groups is 1. The van der Waals surface area contributed by atoms with Crippen LogP contribution in [0.1, 0.15) is 26.3 Å². The van der Waals surface area contributed by atoms with Gasteiger partial charge in [0.2, 0.25) is 0 Å². The minimum atomic E-state index is -0.285. The molecule has 0 unspecified atom stereocenters. The quantitative estimate of drug-likeness (QED) is 0.817. The fourth-order valence-corrected chi connectivity index (χ4v) is 2.42. The molecule has 1 aromatic rings. The van der Waals surface area contributed by atoms with E-state index in [9.17, 15) is 4.79 Å². The van der Waals surface area contributed by atoms with Crippen LogP contribution in [0.4, 0.5) is 0 Å². The molecular weight excluding hydrogens is 336 g/mol. The molecule has 21 heavy (non-hydrogen) atoms. The minimum Gasteiger partial charge on any atom is -0.493 e. The number of carbonyl (C=O) groups excluding carboxylic acids is 1. The summed E-state index contributed by atoms with van der Waals surface area (Å²) in [6.45, 7) is 6.25. The van der Waals surface area contributed by atoms with Crippen LogP contribution in [0.25, 0.3) is 0 Å². The van der Waals surface area contributed by atoms with Crippen molar-refractivity contribution in [2.75, 3.05) is 20.3 Å². The second kappa shape index (κ2) is 7.66. The number of methoxy groups -OCH3 is 1. The topological polar surface area (TPSA) is 73.6 Å². The average molecular weight is 359 g/mol. The molecule has 0 aliphatic heterocycles. The summed E-state index contributed by atoms with van der Waals surface area (Å²) in [4.78, 5) is 11.8. The van der Waals surface area contributed by atoms with Crippen molar-refractivity contribution in [3.05, 3.63) is 22.2 Å². The van der Waals surface area contributed by atoms with E-state index in [1.54, 1.807) is 7.11 Å². The molecule has 118 valence electrons. The van der Waals surface area contributed by atoms with E-state index >= 15 is 0 Å². The molecule has 0 saturated heterocycles. The van der Waals surface area contributed by atoms with Crippen molar-refractivity contribution in [1.29, 1.82) is 0 Å². The number of nitrogens with one attached hydrogen (secondary N) is 1. The number of hydrogen-bond acceptors (Lipinski definition) is 4. The first kappa shape index (κ1) is 17.8. The molecule has 0 heterocycles. The van der Waals surface area contributed by atoms with Crippen molar-refractivity contribution in [2.45, 2.75) is 32.7 Å². The maximum Gasteiger partial charge on any atom is 0.258 e. The van der Waals surface area contributed by atoms with Gasteiger partial charge in [-0.2, -0.15) is 0 Å². The molecule has 0 aromatic heterocycles. The molecule has 5 nitrogen and oxygen atoms in total. The van der Waals surface area contributed by atoms with Crippen molar-refractivity contribution in [1.82, 2.24) is 5.32 Å². The van der Waals surface area contributed by atoms with Gasteiger partial charge >= 0.3 is 0 Å². The Bertz CT molecular complexity index is 498. The van der Waals surface area contributed by atoms with E-state index in [-0.39, 0.29) is 18.1 Å². The second-order valence-corrected chi connectivity index (χ2v) is 6.59. The Morgan fingerprint density at radius 3 is 2.57 bits per heavy atom. The number of amides is 1. The highest BCUT2D eigenvalue weighted by atomic mass is 79.9. The van der Waals surface area contributed by atoms with Crippen LogP contribution in [-0.2, 0) is 11.2 Å². The first-order valence-corrected chi connectivity index (χ1v) is 7.56. The second-order valence-electron chi connectivity index (χ2n) is 5.73. The van der Waals surface area contributed by atoms with Gasteiger partial charge in [0.05, 0.1) is 11.6 Å². The predicted octanol–water partition coefficient (Wildman–Crippen LogP) is 2.25. The summed E-state index contributed by atoms with van der Waals surface area (Å²) in [7, 11) is 1.57. The zero-order valence-corrected chi connectivity index (χ0v) is 14.5. The molecule has 0 atom stereocenters. The van der Waals surface area contributed by atoms with Crippen molar-refractivity contribution in [3.8, 4) is 11.5 Å². The fourth-order valence-electron chi connectivity index (χ4n) is 1.82. The first-order valence-electron chi connectivity index (χ1n) is 6.77. The molecule has 0 aliphatic carbocycles. The van der Waals surface area contributed by atoms with Gasteiger partial charge in [-0.3, -0.25) is 4.79 Å². The summed E-state index contributed by atoms with van der Waals surface area (Å²) >= 11 is 3.44. The normalized spacial score (nSPS) is 11.1. The van der Waals surface area contributed by atoms with Gasteiger partial charge < -0.3 is 20.5 Å². The van der Waals surface area contributed by atoms with E-state index in [2.05, 4.69) is 21.2 Å². The molecule has 0 spiro atoms. The van der Waals surface area contributed by atoms with E-state index in [1.165, 1.54) is 0 Å². The molecule has 1 aromatic carbocycles. The number of halogens is 1. The summed E-state index contributed by atoms with van der Waals surface area (Å²) < 4.78 is 11.6. The monoisotopic (exact) mass is 358 g/mol. The Hall–Kier alpha value is -1.27. The van der Waals surface area contributed by atoms with Crippen LogP contribution in [0.15, 0.2) is 16.6 Å². The fraction of sp³-hybridized carbons (Fsp3) is 0.533. The van der Waals surface area contributed by atoms with E-state index in [0.29, 0.717) is 18.0 Å². The van der Waals surface area contributed by atoms with Crippen LogP contribution in [0.5, 0.6) is 11.5 Å². The Balaban J connectivity index is 2.81. The highest BCUT2D eigenvalue weighted by molar-refractivity contribution is 9.10. The highest BCUT2D eigenvalue weighted by Gasteiger charge is 2.16. The van der Waals surface area contributed by atoms with Crippen LogP contribution in [-0.4, -0.2) is 31.7 Å².